The minimum Gasteiger partial charge on any atom is -0.454 e. The number of furan rings is 1. The van der Waals surface area contributed by atoms with Gasteiger partial charge in [0.2, 0.25) is 0 Å². The van der Waals surface area contributed by atoms with Crippen molar-refractivity contribution in [1.82, 2.24) is 4.90 Å². The molecule has 0 spiro atoms. The van der Waals surface area contributed by atoms with Crippen molar-refractivity contribution in [3.63, 3.8) is 0 Å². The highest BCUT2D eigenvalue weighted by Gasteiger charge is 2.12. The van der Waals surface area contributed by atoms with E-state index >= 15 is 0 Å². The molecule has 2 rings (SSSR count). The van der Waals surface area contributed by atoms with Crippen LogP contribution in [0.2, 0.25) is 0 Å². The fourth-order valence-corrected chi connectivity index (χ4v) is 2.16. The van der Waals surface area contributed by atoms with Crippen molar-refractivity contribution in [2.75, 3.05) is 19.4 Å². The summed E-state index contributed by atoms with van der Waals surface area (Å²) in [4.78, 5) is 13.6. The van der Waals surface area contributed by atoms with E-state index in [4.69, 9.17) is 4.42 Å². The Morgan fingerprint density at radius 3 is 2.63 bits per heavy atom. The maximum atomic E-state index is 12.0. The fraction of sp³-hybridized carbons (Fsp3) is 0.214. The van der Waals surface area contributed by atoms with E-state index in [-0.39, 0.29) is 5.91 Å². The predicted octanol–water partition coefficient (Wildman–Crippen LogP) is 3.20. The van der Waals surface area contributed by atoms with Gasteiger partial charge in [-0.25, -0.2) is 0 Å². The van der Waals surface area contributed by atoms with Gasteiger partial charge in [0.25, 0.3) is 5.91 Å². The summed E-state index contributed by atoms with van der Waals surface area (Å²) in [5.41, 5.74) is 1.47. The second kappa shape index (κ2) is 6.10. The average Bonchev–Trinajstić information content (AvgIpc) is 2.81. The zero-order valence-corrected chi connectivity index (χ0v) is 13.0. The van der Waals surface area contributed by atoms with E-state index in [1.165, 1.54) is 0 Å². The number of hydrogen-bond acceptors (Lipinski definition) is 3. The third kappa shape index (κ3) is 3.50. The average molecular weight is 370 g/mol. The van der Waals surface area contributed by atoms with Gasteiger partial charge < -0.3 is 14.6 Å². The highest BCUT2D eigenvalue weighted by Crippen LogP contribution is 2.18. The van der Waals surface area contributed by atoms with E-state index in [0.717, 1.165) is 15.2 Å². The van der Waals surface area contributed by atoms with Gasteiger partial charge in [0.1, 0.15) is 5.76 Å². The molecule has 1 aromatic carbocycles. The molecule has 100 valence electrons. The number of carbonyl (C=O) groups excluding carboxylic acids is 1. The van der Waals surface area contributed by atoms with E-state index in [1.807, 2.05) is 36.4 Å². The molecule has 0 saturated carbocycles. The van der Waals surface area contributed by atoms with Crippen molar-refractivity contribution >= 4 is 34.2 Å². The quantitative estimate of drug-likeness (QED) is 0.841. The van der Waals surface area contributed by atoms with Crippen molar-refractivity contribution in [3.8, 4) is 0 Å². The summed E-state index contributed by atoms with van der Waals surface area (Å²) >= 11 is 2.13. The Morgan fingerprint density at radius 2 is 2.00 bits per heavy atom. The second-order valence-electron chi connectivity index (χ2n) is 4.30. The lowest BCUT2D eigenvalue weighted by Crippen LogP contribution is -2.22. The Balaban J connectivity index is 2.14. The lowest BCUT2D eigenvalue weighted by Gasteiger charge is -2.14. The lowest BCUT2D eigenvalue weighted by molar-refractivity contribution is 0.0828. The Morgan fingerprint density at radius 1 is 1.26 bits per heavy atom. The van der Waals surface area contributed by atoms with Gasteiger partial charge in [0.05, 0.1) is 12.1 Å². The Kier molecular flexibility index (Phi) is 4.47. The number of hydrogen-bond donors (Lipinski definition) is 1. The zero-order valence-electron chi connectivity index (χ0n) is 10.8. The van der Waals surface area contributed by atoms with E-state index in [9.17, 15) is 4.79 Å². The molecule has 1 heterocycles. The topological polar surface area (TPSA) is 45.5 Å². The van der Waals surface area contributed by atoms with E-state index in [2.05, 4.69) is 27.9 Å². The standard InChI is InChI=1S/C14H15IN2O2/c1-17(2)14(18)11-5-3-4-6-12(11)16-9-10-7-8-13(15)19-10/h3-8,16H,9H2,1-2H3. The number of nitrogens with one attached hydrogen (secondary N) is 1. The van der Waals surface area contributed by atoms with Gasteiger partial charge in [0, 0.05) is 19.8 Å². The van der Waals surface area contributed by atoms with Gasteiger partial charge in [-0.05, 0) is 46.9 Å². The number of anilines is 1. The normalized spacial score (nSPS) is 10.3. The summed E-state index contributed by atoms with van der Waals surface area (Å²) in [5, 5.41) is 3.23. The first-order valence-corrected chi connectivity index (χ1v) is 6.94. The smallest absolute Gasteiger partial charge is 0.255 e. The highest BCUT2D eigenvalue weighted by atomic mass is 127. The molecule has 1 amide bonds. The van der Waals surface area contributed by atoms with Crippen molar-refractivity contribution in [2.24, 2.45) is 0 Å². The maximum absolute atomic E-state index is 12.0. The highest BCUT2D eigenvalue weighted by molar-refractivity contribution is 14.1. The molecule has 0 aliphatic carbocycles. The number of carbonyl (C=O) groups is 1. The molecule has 0 aliphatic heterocycles. The number of benzene rings is 1. The number of halogens is 1. The first kappa shape index (κ1) is 13.9. The van der Waals surface area contributed by atoms with Crippen LogP contribution in [-0.2, 0) is 6.54 Å². The molecule has 4 nitrogen and oxygen atoms in total. The summed E-state index contributed by atoms with van der Waals surface area (Å²) < 4.78 is 6.34. The Hall–Kier alpha value is -1.50. The SMILES string of the molecule is CN(C)C(=O)c1ccccc1NCc1ccc(I)o1. The van der Waals surface area contributed by atoms with E-state index in [1.54, 1.807) is 19.0 Å². The van der Waals surface area contributed by atoms with Crippen LogP contribution in [0, 0.1) is 3.77 Å². The van der Waals surface area contributed by atoms with Crippen LogP contribution in [0.3, 0.4) is 0 Å². The van der Waals surface area contributed by atoms with Crippen LogP contribution in [0.1, 0.15) is 16.1 Å². The molecule has 1 N–H and O–H groups in total. The summed E-state index contributed by atoms with van der Waals surface area (Å²) in [5.74, 6) is 0.827. The molecule has 0 bridgehead atoms. The summed E-state index contributed by atoms with van der Waals surface area (Å²) in [6, 6.07) is 11.3. The third-order valence-electron chi connectivity index (χ3n) is 2.65. The maximum Gasteiger partial charge on any atom is 0.255 e. The summed E-state index contributed by atoms with van der Waals surface area (Å²) in [6.07, 6.45) is 0. The predicted molar refractivity (Wildman–Crippen MR) is 83.2 cm³/mol. The first-order valence-electron chi connectivity index (χ1n) is 5.86. The minimum absolute atomic E-state index is 0.0166. The van der Waals surface area contributed by atoms with Crippen LogP contribution in [0.15, 0.2) is 40.8 Å². The first-order chi connectivity index (χ1) is 9.08. The molecule has 0 aliphatic rings. The number of amides is 1. The molecule has 0 fully saturated rings. The van der Waals surface area contributed by atoms with Crippen LogP contribution in [0.5, 0.6) is 0 Å². The molecule has 2 aromatic rings. The van der Waals surface area contributed by atoms with Crippen LogP contribution in [0.25, 0.3) is 0 Å². The number of para-hydroxylation sites is 1. The Bertz CT molecular complexity index is 578. The second-order valence-corrected chi connectivity index (χ2v) is 5.37. The van der Waals surface area contributed by atoms with Crippen LogP contribution in [-0.4, -0.2) is 24.9 Å². The van der Waals surface area contributed by atoms with Gasteiger partial charge in [-0.3, -0.25) is 4.79 Å². The molecule has 0 radical (unpaired) electrons. The fourth-order valence-electron chi connectivity index (χ4n) is 1.69. The van der Waals surface area contributed by atoms with Crippen molar-refractivity contribution in [3.05, 3.63) is 51.5 Å². The number of nitrogens with zero attached hydrogens (tertiary/aromatic N) is 1. The van der Waals surface area contributed by atoms with Crippen LogP contribution in [0.4, 0.5) is 5.69 Å². The Labute approximate surface area is 125 Å². The molecular formula is C14H15IN2O2. The monoisotopic (exact) mass is 370 g/mol. The summed E-state index contributed by atoms with van der Waals surface area (Å²) in [6.45, 7) is 0.556. The van der Waals surface area contributed by atoms with Gasteiger partial charge in [0.15, 0.2) is 3.77 Å². The van der Waals surface area contributed by atoms with Gasteiger partial charge in [-0.1, -0.05) is 12.1 Å². The number of rotatable bonds is 4. The van der Waals surface area contributed by atoms with Crippen molar-refractivity contribution < 1.29 is 9.21 Å². The van der Waals surface area contributed by atoms with Crippen LogP contribution >= 0.6 is 22.6 Å². The van der Waals surface area contributed by atoms with Gasteiger partial charge >= 0.3 is 0 Å². The largest absolute Gasteiger partial charge is 0.454 e. The molecule has 0 unspecified atom stereocenters. The van der Waals surface area contributed by atoms with Crippen LogP contribution < -0.4 is 5.32 Å². The van der Waals surface area contributed by atoms with E-state index in [0.29, 0.717) is 12.1 Å². The summed E-state index contributed by atoms with van der Waals surface area (Å²) in [7, 11) is 3.49. The molecular weight excluding hydrogens is 355 g/mol. The molecule has 19 heavy (non-hydrogen) atoms. The molecule has 0 atom stereocenters. The van der Waals surface area contributed by atoms with Crippen molar-refractivity contribution in [1.29, 1.82) is 0 Å². The molecule has 1 aromatic heterocycles. The lowest BCUT2D eigenvalue weighted by atomic mass is 10.1. The minimum atomic E-state index is -0.0166. The van der Waals surface area contributed by atoms with E-state index < -0.39 is 0 Å². The molecule has 0 saturated heterocycles. The zero-order chi connectivity index (χ0) is 13.8. The van der Waals surface area contributed by atoms with Gasteiger partial charge in [-0.2, -0.15) is 0 Å². The van der Waals surface area contributed by atoms with Gasteiger partial charge in [-0.15, -0.1) is 0 Å². The molecule has 5 heteroatoms. The van der Waals surface area contributed by atoms with Crippen molar-refractivity contribution in [2.45, 2.75) is 6.54 Å². The third-order valence-corrected chi connectivity index (χ3v) is 3.23.